The average Bonchev–Trinajstić information content (AvgIpc) is 2.78. The number of benzene rings is 3. The van der Waals surface area contributed by atoms with Crippen LogP contribution in [0.4, 0.5) is 5.69 Å². The molecule has 1 saturated heterocycles. The summed E-state index contributed by atoms with van der Waals surface area (Å²) in [5.41, 5.74) is 1.09. The number of thiocarbonyl (C=S) groups is 1. The van der Waals surface area contributed by atoms with E-state index in [2.05, 4.69) is 5.32 Å². The van der Waals surface area contributed by atoms with E-state index in [1.54, 1.807) is 42.5 Å². The number of hydrogen-bond acceptors (Lipinski definition) is 5. The van der Waals surface area contributed by atoms with Crippen molar-refractivity contribution < 1.29 is 19.1 Å². The van der Waals surface area contributed by atoms with Gasteiger partial charge in [-0.05, 0) is 60.8 Å². The van der Waals surface area contributed by atoms with E-state index in [1.807, 2.05) is 36.4 Å². The molecule has 0 unspecified atom stereocenters. The first-order valence-electron chi connectivity index (χ1n) is 9.44. The minimum Gasteiger partial charge on any atom is -0.496 e. The van der Waals surface area contributed by atoms with Gasteiger partial charge in [-0.1, -0.05) is 36.4 Å². The fraction of sp³-hybridized carbons (Fsp3) is 0.0417. The highest BCUT2D eigenvalue weighted by atomic mass is 32.1. The molecule has 0 spiro atoms. The zero-order chi connectivity index (χ0) is 21.8. The number of rotatable bonds is 5. The molecule has 31 heavy (non-hydrogen) atoms. The van der Waals surface area contributed by atoms with Crippen LogP contribution >= 0.6 is 12.2 Å². The molecule has 1 heterocycles. The van der Waals surface area contributed by atoms with E-state index in [4.69, 9.17) is 21.7 Å². The van der Waals surface area contributed by atoms with Gasteiger partial charge in [-0.2, -0.15) is 0 Å². The summed E-state index contributed by atoms with van der Waals surface area (Å²) in [5.74, 6) is 0.795. The van der Waals surface area contributed by atoms with Gasteiger partial charge in [-0.25, -0.2) is 0 Å². The van der Waals surface area contributed by atoms with Crippen molar-refractivity contribution >= 4 is 40.9 Å². The number of ether oxygens (including phenoxy) is 2. The van der Waals surface area contributed by atoms with Gasteiger partial charge in [0.25, 0.3) is 11.8 Å². The van der Waals surface area contributed by atoms with Crippen LogP contribution in [0.3, 0.4) is 0 Å². The Morgan fingerprint density at radius 2 is 1.52 bits per heavy atom. The van der Waals surface area contributed by atoms with Gasteiger partial charge in [0, 0.05) is 5.56 Å². The Labute approximate surface area is 184 Å². The first-order valence-corrected chi connectivity index (χ1v) is 9.85. The predicted molar refractivity (Wildman–Crippen MR) is 122 cm³/mol. The molecule has 0 saturated carbocycles. The second-order valence-corrected chi connectivity index (χ2v) is 7.00. The van der Waals surface area contributed by atoms with Crippen LogP contribution in [0.15, 0.2) is 84.4 Å². The first-order chi connectivity index (χ1) is 15.1. The van der Waals surface area contributed by atoms with Crippen molar-refractivity contribution in [3.8, 4) is 17.2 Å². The molecule has 7 heteroatoms. The summed E-state index contributed by atoms with van der Waals surface area (Å²) in [6.45, 7) is 0. The van der Waals surface area contributed by atoms with Gasteiger partial charge in [-0.3, -0.25) is 19.8 Å². The minimum absolute atomic E-state index is 0.0175. The fourth-order valence-electron chi connectivity index (χ4n) is 3.12. The quantitative estimate of drug-likeness (QED) is 0.371. The van der Waals surface area contributed by atoms with Gasteiger partial charge >= 0.3 is 0 Å². The highest BCUT2D eigenvalue weighted by Gasteiger charge is 2.34. The molecule has 6 nitrogen and oxygen atoms in total. The molecule has 2 amide bonds. The van der Waals surface area contributed by atoms with E-state index < -0.39 is 11.8 Å². The van der Waals surface area contributed by atoms with Crippen molar-refractivity contribution in [1.29, 1.82) is 0 Å². The largest absolute Gasteiger partial charge is 0.496 e. The van der Waals surface area contributed by atoms with Crippen molar-refractivity contribution in [2.75, 3.05) is 12.0 Å². The fourth-order valence-corrected chi connectivity index (χ4v) is 3.40. The van der Waals surface area contributed by atoms with E-state index in [0.29, 0.717) is 28.5 Å². The van der Waals surface area contributed by atoms with Gasteiger partial charge in [0.1, 0.15) is 22.8 Å². The lowest BCUT2D eigenvalue weighted by Crippen LogP contribution is -2.54. The number of para-hydroxylation sites is 2. The summed E-state index contributed by atoms with van der Waals surface area (Å²) in [6.07, 6.45) is 1.50. The molecule has 0 aliphatic carbocycles. The standard InChI is InChI=1S/C24H18N2O4S/c1-29-21-10-6-5-7-16(21)15-20-22(27)25-24(31)26(23(20)28)17-11-13-19(14-12-17)30-18-8-3-2-4-9-18/h2-15H,1H3,(H,25,27,31). The van der Waals surface area contributed by atoms with Crippen LogP contribution in [0.1, 0.15) is 5.56 Å². The number of carbonyl (C=O) groups is 2. The lowest BCUT2D eigenvalue weighted by Gasteiger charge is -2.29. The van der Waals surface area contributed by atoms with E-state index in [-0.39, 0.29) is 10.7 Å². The van der Waals surface area contributed by atoms with Crippen LogP contribution in [0.25, 0.3) is 6.08 Å². The summed E-state index contributed by atoms with van der Waals surface area (Å²) in [5, 5.41) is 2.60. The lowest BCUT2D eigenvalue weighted by molar-refractivity contribution is -0.122. The average molecular weight is 430 g/mol. The molecule has 1 aliphatic heterocycles. The van der Waals surface area contributed by atoms with Crippen molar-refractivity contribution in [1.82, 2.24) is 5.32 Å². The van der Waals surface area contributed by atoms with Crippen molar-refractivity contribution in [2.24, 2.45) is 0 Å². The van der Waals surface area contributed by atoms with Crippen LogP contribution in [-0.2, 0) is 9.59 Å². The maximum Gasteiger partial charge on any atom is 0.270 e. The molecule has 1 fully saturated rings. The molecule has 0 radical (unpaired) electrons. The number of hydrogen-bond donors (Lipinski definition) is 1. The molecule has 0 aromatic heterocycles. The summed E-state index contributed by atoms with van der Waals surface area (Å²) < 4.78 is 11.1. The molecular weight excluding hydrogens is 412 g/mol. The molecule has 3 aromatic rings. The van der Waals surface area contributed by atoms with E-state index in [9.17, 15) is 9.59 Å². The van der Waals surface area contributed by atoms with Gasteiger partial charge in [0.2, 0.25) is 0 Å². The van der Waals surface area contributed by atoms with E-state index in [1.165, 1.54) is 18.1 Å². The van der Waals surface area contributed by atoms with Crippen LogP contribution in [0.2, 0.25) is 0 Å². The van der Waals surface area contributed by atoms with Crippen molar-refractivity contribution in [3.05, 3.63) is 90.0 Å². The molecular formula is C24H18N2O4S. The maximum absolute atomic E-state index is 13.2. The van der Waals surface area contributed by atoms with Crippen LogP contribution in [0, 0.1) is 0 Å². The Kier molecular flexibility index (Phi) is 5.77. The zero-order valence-electron chi connectivity index (χ0n) is 16.6. The Balaban J connectivity index is 1.62. The highest BCUT2D eigenvalue weighted by Crippen LogP contribution is 2.28. The lowest BCUT2D eigenvalue weighted by atomic mass is 10.1. The first kappa shape index (κ1) is 20.3. The number of amides is 2. The Bertz CT molecular complexity index is 1170. The summed E-state index contributed by atoms with van der Waals surface area (Å²) in [7, 11) is 1.53. The smallest absolute Gasteiger partial charge is 0.270 e. The molecule has 1 N–H and O–H groups in total. The third-order valence-electron chi connectivity index (χ3n) is 4.61. The normalized spacial score (nSPS) is 15.1. The summed E-state index contributed by atoms with van der Waals surface area (Å²) in [4.78, 5) is 26.9. The van der Waals surface area contributed by atoms with Gasteiger partial charge < -0.3 is 9.47 Å². The maximum atomic E-state index is 13.2. The van der Waals surface area contributed by atoms with Crippen molar-refractivity contribution in [3.63, 3.8) is 0 Å². The van der Waals surface area contributed by atoms with Crippen LogP contribution in [-0.4, -0.2) is 24.0 Å². The molecule has 4 rings (SSSR count). The second-order valence-electron chi connectivity index (χ2n) is 6.61. The van der Waals surface area contributed by atoms with Gasteiger partial charge in [0.15, 0.2) is 5.11 Å². The van der Waals surface area contributed by atoms with Crippen LogP contribution < -0.4 is 19.7 Å². The third-order valence-corrected chi connectivity index (χ3v) is 4.90. The number of nitrogens with zero attached hydrogens (tertiary/aromatic N) is 1. The highest BCUT2D eigenvalue weighted by molar-refractivity contribution is 7.80. The molecule has 0 bridgehead atoms. The monoisotopic (exact) mass is 430 g/mol. The Morgan fingerprint density at radius 3 is 2.23 bits per heavy atom. The zero-order valence-corrected chi connectivity index (χ0v) is 17.4. The molecule has 154 valence electrons. The Morgan fingerprint density at radius 1 is 0.871 bits per heavy atom. The number of methoxy groups -OCH3 is 1. The summed E-state index contributed by atoms with van der Waals surface area (Å²) in [6, 6.07) is 23.4. The van der Waals surface area contributed by atoms with E-state index >= 15 is 0 Å². The number of carbonyl (C=O) groups excluding carboxylic acids is 2. The third kappa shape index (κ3) is 4.31. The van der Waals surface area contributed by atoms with Gasteiger partial charge in [0.05, 0.1) is 12.8 Å². The van der Waals surface area contributed by atoms with Crippen LogP contribution in [0.5, 0.6) is 17.2 Å². The van der Waals surface area contributed by atoms with Gasteiger partial charge in [-0.15, -0.1) is 0 Å². The number of anilines is 1. The van der Waals surface area contributed by atoms with Crippen molar-refractivity contribution in [2.45, 2.75) is 0 Å². The summed E-state index contributed by atoms with van der Waals surface area (Å²) >= 11 is 5.26. The Hall–Kier alpha value is -3.97. The topological polar surface area (TPSA) is 67.9 Å². The van der Waals surface area contributed by atoms with E-state index in [0.717, 1.165) is 0 Å². The minimum atomic E-state index is -0.554. The SMILES string of the molecule is COc1ccccc1C=C1C(=O)NC(=S)N(c2ccc(Oc3ccccc3)cc2)C1=O. The molecule has 3 aromatic carbocycles. The predicted octanol–water partition coefficient (Wildman–Crippen LogP) is 4.32. The molecule has 1 aliphatic rings. The number of nitrogens with one attached hydrogen (secondary N) is 1. The second kappa shape index (κ2) is 8.81. The molecule has 0 atom stereocenters.